The number of furan rings is 1. The fourth-order valence-electron chi connectivity index (χ4n) is 1.05. The van der Waals surface area contributed by atoms with E-state index in [0.717, 1.165) is 5.56 Å². The zero-order valence-corrected chi connectivity index (χ0v) is 7.12. The van der Waals surface area contributed by atoms with Crippen molar-refractivity contribution in [2.75, 3.05) is 0 Å². The van der Waals surface area contributed by atoms with Gasteiger partial charge in [-0.3, -0.25) is 4.79 Å². The third kappa shape index (κ3) is 2.88. The number of hydrogen-bond acceptors (Lipinski definition) is 3. The molecule has 0 bridgehead atoms. The van der Waals surface area contributed by atoms with Gasteiger partial charge in [0.1, 0.15) is 5.78 Å². The van der Waals surface area contributed by atoms with E-state index >= 15 is 0 Å². The van der Waals surface area contributed by atoms with Crippen molar-refractivity contribution >= 4 is 5.78 Å². The molecule has 0 spiro atoms. The Hall–Kier alpha value is -1.09. The van der Waals surface area contributed by atoms with E-state index in [0.29, 0.717) is 12.8 Å². The maximum Gasteiger partial charge on any atom is 0.138 e. The molecule has 2 N–H and O–H groups in total. The standard InChI is InChI=1S/C9H13NO2/c1-7(10)4-9(11)5-8-2-3-12-6-8/h2-3,6-7H,4-5,10H2,1H3. The van der Waals surface area contributed by atoms with E-state index in [1.165, 1.54) is 0 Å². The summed E-state index contributed by atoms with van der Waals surface area (Å²) in [5.74, 6) is 0.159. The second-order valence-corrected chi connectivity index (χ2v) is 3.03. The van der Waals surface area contributed by atoms with Crippen LogP contribution in [0.4, 0.5) is 0 Å². The van der Waals surface area contributed by atoms with Gasteiger partial charge in [-0.05, 0) is 18.6 Å². The van der Waals surface area contributed by atoms with Crippen LogP contribution in [0.15, 0.2) is 23.0 Å². The highest BCUT2D eigenvalue weighted by atomic mass is 16.3. The molecule has 66 valence electrons. The van der Waals surface area contributed by atoms with E-state index in [4.69, 9.17) is 10.2 Å². The molecule has 3 nitrogen and oxygen atoms in total. The molecule has 3 heteroatoms. The van der Waals surface area contributed by atoms with Gasteiger partial charge in [-0.25, -0.2) is 0 Å². The van der Waals surface area contributed by atoms with Gasteiger partial charge in [-0.15, -0.1) is 0 Å². The number of Topliss-reactive ketones (excluding diaryl/α,β-unsaturated/α-hetero) is 1. The smallest absolute Gasteiger partial charge is 0.138 e. The molecule has 0 fully saturated rings. The summed E-state index contributed by atoms with van der Waals surface area (Å²) in [7, 11) is 0. The number of hydrogen-bond donors (Lipinski definition) is 1. The highest BCUT2D eigenvalue weighted by Crippen LogP contribution is 2.03. The Balaban J connectivity index is 2.37. The van der Waals surface area contributed by atoms with Crippen molar-refractivity contribution in [3.05, 3.63) is 24.2 Å². The van der Waals surface area contributed by atoms with Crippen molar-refractivity contribution in [2.45, 2.75) is 25.8 Å². The first-order chi connectivity index (χ1) is 5.68. The molecule has 12 heavy (non-hydrogen) atoms. The van der Waals surface area contributed by atoms with Crippen LogP contribution in [0, 0.1) is 0 Å². The fourth-order valence-corrected chi connectivity index (χ4v) is 1.05. The largest absolute Gasteiger partial charge is 0.472 e. The van der Waals surface area contributed by atoms with Gasteiger partial charge in [0.15, 0.2) is 0 Å². The Morgan fingerprint density at radius 3 is 3.00 bits per heavy atom. The molecule has 0 saturated heterocycles. The van der Waals surface area contributed by atoms with Crippen LogP contribution in [0.2, 0.25) is 0 Å². The van der Waals surface area contributed by atoms with Crippen LogP contribution in [-0.4, -0.2) is 11.8 Å². The highest BCUT2D eigenvalue weighted by Gasteiger charge is 2.06. The van der Waals surface area contributed by atoms with Crippen LogP contribution in [0.5, 0.6) is 0 Å². The Labute approximate surface area is 71.6 Å². The lowest BCUT2D eigenvalue weighted by Gasteiger charge is -2.01. The summed E-state index contributed by atoms with van der Waals surface area (Å²) in [5, 5.41) is 0. The van der Waals surface area contributed by atoms with E-state index < -0.39 is 0 Å². The van der Waals surface area contributed by atoms with Gasteiger partial charge < -0.3 is 10.2 Å². The summed E-state index contributed by atoms with van der Waals surface area (Å²) >= 11 is 0. The van der Waals surface area contributed by atoms with Crippen LogP contribution in [0.3, 0.4) is 0 Å². The molecule has 1 aromatic rings. The van der Waals surface area contributed by atoms with Crippen molar-refractivity contribution in [1.82, 2.24) is 0 Å². The number of nitrogens with two attached hydrogens (primary N) is 1. The zero-order valence-electron chi connectivity index (χ0n) is 7.12. The van der Waals surface area contributed by atoms with Crippen molar-refractivity contribution < 1.29 is 9.21 Å². The minimum atomic E-state index is -0.0515. The zero-order chi connectivity index (χ0) is 8.97. The summed E-state index contributed by atoms with van der Waals surface area (Å²) in [5.41, 5.74) is 6.40. The van der Waals surface area contributed by atoms with Gasteiger partial charge in [0, 0.05) is 18.9 Å². The quantitative estimate of drug-likeness (QED) is 0.731. The second kappa shape index (κ2) is 4.07. The maximum atomic E-state index is 11.2. The molecule has 0 aliphatic rings. The van der Waals surface area contributed by atoms with Crippen LogP contribution in [0.1, 0.15) is 18.9 Å². The second-order valence-electron chi connectivity index (χ2n) is 3.03. The van der Waals surface area contributed by atoms with Crippen molar-refractivity contribution in [1.29, 1.82) is 0 Å². The summed E-state index contributed by atoms with van der Waals surface area (Å²) in [4.78, 5) is 11.2. The van der Waals surface area contributed by atoms with Crippen molar-refractivity contribution in [2.24, 2.45) is 5.73 Å². The molecule has 0 saturated carbocycles. The lowest BCUT2D eigenvalue weighted by molar-refractivity contribution is -0.118. The molecular formula is C9H13NO2. The monoisotopic (exact) mass is 167 g/mol. The molecule has 0 amide bonds. The normalized spacial score (nSPS) is 12.8. The van der Waals surface area contributed by atoms with Crippen molar-refractivity contribution in [3.63, 3.8) is 0 Å². The van der Waals surface area contributed by atoms with E-state index in [9.17, 15) is 4.79 Å². The minimum absolute atomic E-state index is 0.0515. The molecule has 0 aliphatic heterocycles. The van der Waals surface area contributed by atoms with Gasteiger partial charge >= 0.3 is 0 Å². The lowest BCUT2D eigenvalue weighted by atomic mass is 10.1. The predicted molar refractivity (Wildman–Crippen MR) is 45.7 cm³/mol. The Morgan fingerprint density at radius 2 is 2.50 bits per heavy atom. The fraction of sp³-hybridized carbons (Fsp3) is 0.444. The highest BCUT2D eigenvalue weighted by molar-refractivity contribution is 5.81. The third-order valence-corrected chi connectivity index (χ3v) is 1.53. The van der Waals surface area contributed by atoms with Gasteiger partial charge in [0.05, 0.1) is 12.5 Å². The average Bonchev–Trinajstić information content (AvgIpc) is 2.37. The summed E-state index contributed by atoms with van der Waals surface area (Å²) in [6.45, 7) is 1.83. The van der Waals surface area contributed by atoms with Gasteiger partial charge in [0.25, 0.3) is 0 Å². The first-order valence-corrected chi connectivity index (χ1v) is 3.97. The molecule has 0 radical (unpaired) electrons. The Kier molecular flexibility index (Phi) is 3.05. The van der Waals surface area contributed by atoms with Crippen LogP contribution < -0.4 is 5.73 Å². The van der Waals surface area contributed by atoms with Crippen LogP contribution in [-0.2, 0) is 11.2 Å². The van der Waals surface area contributed by atoms with Gasteiger partial charge in [-0.1, -0.05) is 0 Å². The number of carbonyl (C=O) groups excluding carboxylic acids is 1. The molecule has 0 aliphatic carbocycles. The van der Waals surface area contributed by atoms with E-state index in [1.807, 2.05) is 6.92 Å². The SMILES string of the molecule is CC(N)CC(=O)Cc1ccoc1. The topological polar surface area (TPSA) is 56.2 Å². The van der Waals surface area contributed by atoms with E-state index in [-0.39, 0.29) is 11.8 Å². The van der Waals surface area contributed by atoms with Crippen LogP contribution >= 0.6 is 0 Å². The van der Waals surface area contributed by atoms with Crippen LogP contribution in [0.25, 0.3) is 0 Å². The van der Waals surface area contributed by atoms with Gasteiger partial charge in [-0.2, -0.15) is 0 Å². The Morgan fingerprint density at radius 1 is 1.75 bits per heavy atom. The summed E-state index contributed by atoms with van der Waals surface area (Å²) in [6, 6.07) is 1.74. The third-order valence-electron chi connectivity index (χ3n) is 1.53. The van der Waals surface area contributed by atoms with Gasteiger partial charge in [0.2, 0.25) is 0 Å². The molecule has 1 unspecified atom stereocenters. The molecule has 1 atom stereocenters. The summed E-state index contributed by atoms with van der Waals surface area (Å²) < 4.78 is 4.84. The first kappa shape index (κ1) is 9.00. The Bertz CT molecular complexity index is 239. The van der Waals surface area contributed by atoms with Crippen molar-refractivity contribution in [3.8, 4) is 0 Å². The number of carbonyl (C=O) groups is 1. The molecular weight excluding hydrogens is 154 g/mol. The number of rotatable bonds is 4. The number of ketones is 1. The molecule has 1 rings (SSSR count). The molecule has 1 heterocycles. The lowest BCUT2D eigenvalue weighted by Crippen LogP contribution is -2.20. The molecule has 1 aromatic heterocycles. The van der Waals surface area contributed by atoms with E-state index in [2.05, 4.69) is 0 Å². The first-order valence-electron chi connectivity index (χ1n) is 3.97. The minimum Gasteiger partial charge on any atom is -0.472 e. The predicted octanol–water partition coefficient (Wildman–Crippen LogP) is 1.13. The summed E-state index contributed by atoms with van der Waals surface area (Å²) in [6.07, 6.45) is 4.01. The molecule has 0 aromatic carbocycles. The van der Waals surface area contributed by atoms with E-state index in [1.54, 1.807) is 18.6 Å². The maximum absolute atomic E-state index is 11.2. The average molecular weight is 167 g/mol.